The van der Waals surface area contributed by atoms with Crippen LogP contribution < -0.4 is 5.56 Å². The number of benzene rings is 2. The number of aromatic amines is 1. The van der Waals surface area contributed by atoms with Gasteiger partial charge in [0, 0.05) is 11.6 Å². The highest BCUT2D eigenvalue weighted by Gasteiger charge is 2.13. The predicted octanol–water partition coefficient (Wildman–Crippen LogP) is 2.90. The fraction of sp³-hybridized carbons (Fsp3) is 0.227. The molecule has 0 saturated carbocycles. The van der Waals surface area contributed by atoms with Crippen molar-refractivity contribution >= 4 is 5.78 Å². The van der Waals surface area contributed by atoms with Gasteiger partial charge in [-0.25, -0.2) is 4.98 Å². The Kier molecular flexibility index (Phi) is 5.50. The van der Waals surface area contributed by atoms with Crippen LogP contribution in [0.1, 0.15) is 29.8 Å². The molecule has 0 bridgehead atoms. The average Bonchev–Trinajstić information content (AvgIpc) is 3.19. The van der Waals surface area contributed by atoms with Gasteiger partial charge < -0.3 is 9.84 Å². The molecule has 2 N–H and O–H groups in total. The minimum atomic E-state index is -0.731. The van der Waals surface area contributed by atoms with E-state index in [0.717, 1.165) is 23.1 Å². The minimum Gasteiger partial charge on any atom is -0.386 e. The monoisotopic (exact) mass is 390 g/mol. The van der Waals surface area contributed by atoms with Crippen molar-refractivity contribution in [2.45, 2.75) is 26.1 Å². The molecule has 0 saturated heterocycles. The maximum atomic E-state index is 12.4. The van der Waals surface area contributed by atoms with Gasteiger partial charge in [0.05, 0.1) is 18.9 Å². The van der Waals surface area contributed by atoms with Crippen molar-refractivity contribution in [2.24, 2.45) is 0 Å². The molecule has 0 amide bonds. The van der Waals surface area contributed by atoms with Gasteiger partial charge in [-0.2, -0.15) is 9.50 Å². The molecule has 29 heavy (non-hydrogen) atoms. The van der Waals surface area contributed by atoms with E-state index in [-0.39, 0.29) is 24.6 Å². The molecular weight excluding hydrogens is 368 g/mol. The van der Waals surface area contributed by atoms with E-state index in [1.54, 1.807) is 0 Å². The molecule has 4 rings (SSSR count). The third kappa shape index (κ3) is 4.11. The number of aliphatic hydroxyl groups is 1. The largest absolute Gasteiger partial charge is 0.386 e. The van der Waals surface area contributed by atoms with Gasteiger partial charge in [0.15, 0.2) is 5.82 Å². The Balaban J connectivity index is 1.48. The van der Waals surface area contributed by atoms with E-state index in [2.05, 4.69) is 15.1 Å². The lowest BCUT2D eigenvalue weighted by Crippen LogP contribution is -2.17. The lowest BCUT2D eigenvalue weighted by molar-refractivity contribution is 0.0261. The first-order chi connectivity index (χ1) is 14.2. The molecule has 1 atom stereocenters. The lowest BCUT2D eigenvalue weighted by atomic mass is 10.0. The summed E-state index contributed by atoms with van der Waals surface area (Å²) < 4.78 is 6.94. The van der Waals surface area contributed by atoms with Gasteiger partial charge in [-0.15, -0.1) is 0 Å². The minimum absolute atomic E-state index is 0.116. The highest BCUT2D eigenvalue weighted by Crippen LogP contribution is 2.19. The molecule has 0 radical (unpaired) electrons. The van der Waals surface area contributed by atoms with Gasteiger partial charge in [-0.3, -0.25) is 9.89 Å². The third-order valence-electron chi connectivity index (χ3n) is 4.75. The number of ether oxygens (including phenoxy) is 1. The second-order valence-electron chi connectivity index (χ2n) is 6.74. The SMILES string of the molecule is CCc1ccccc1C(O)COCc1cc(=O)n2[nH]c(-c3ccccc3)nc2n1. The predicted molar refractivity (Wildman–Crippen MR) is 109 cm³/mol. The van der Waals surface area contributed by atoms with Crippen LogP contribution >= 0.6 is 0 Å². The molecule has 7 heteroatoms. The summed E-state index contributed by atoms with van der Waals surface area (Å²) in [6.07, 6.45) is 0.108. The first-order valence-electron chi connectivity index (χ1n) is 9.53. The molecule has 2 aromatic carbocycles. The van der Waals surface area contributed by atoms with Gasteiger partial charge in [0.2, 0.25) is 0 Å². The zero-order chi connectivity index (χ0) is 20.2. The highest BCUT2D eigenvalue weighted by atomic mass is 16.5. The van der Waals surface area contributed by atoms with Crippen LogP contribution in [-0.4, -0.2) is 31.3 Å². The van der Waals surface area contributed by atoms with Crippen molar-refractivity contribution in [3.63, 3.8) is 0 Å². The van der Waals surface area contributed by atoms with Gasteiger partial charge in [-0.05, 0) is 17.5 Å². The number of nitrogens with one attached hydrogen (secondary N) is 1. The number of rotatable bonds is 7. The normalized spacial score (nSPS) is 12.3. The molecule has 0 spiro atoms. The molecule has 4 aromatic rings. The summed E-state index contributed by atoms with van der Waals surface area (Å²) in [7, 11) is 0. The summed E-state index contributed by atoms with van der Waals surface area (Å²) in [6.45, 7) is 2.28. The number of hydrogen-bond acceptors (Lipinski definition) is 5. The average molecular weight is 390 g/mol. The lowest BCUT2D eigenvalue weighted by Gasteiger charge is -2.15. The van der Waals surface area contributed by atoms with Crippen molar-refractivity contribution in [2.75, 3.05) is 6.61 Å². The maximum absolute atomic E-state index is 12.4. The van der Waals surface area contributed by atoms with Crippen molar-refractivity contribution in [3.05, 3.63) is 87.8 Å². The summed E-state index contributed by atoms with van der Waals surface area (Å²) in [4.78, 5) is 21.2. The van der Waals surface area contributed by atoms with Crippen LogP contribution in [0.4, 0.5) is 0 Å². The Morgan fingerprint density at radius 1 is 1.10 bits per heavy atom. The Bertz CT molecular complexity index is 1170. The van der Waals surface area contributed by atoms with Gasteiger partial charge in [0.25, 0.3) is 11.3 Å². The Morgan fingerprint density at radius 3 is 2.66 bits per heavy atom. The molecule has 148 valence electrons. The first-order valence-corrected chi connectivity index (χ1v) is 9.53. The van der Waals surface area contributed by atoms with E-state index in [0.29, 0.717) is 11.5 Å². The smallest absolute Gasteiger partial charge is 0.274 e. The standard InChI is InChI=1S/C22H22N4O3/c1-2-15-8-6-7-11-18(15)19(27)14-29-13-17-12-20(28)26-22(23-17)24-21(25-26)16-9-4-3-5-10-16/h3-12,19,27H,2,13-14H2,1H3,(H,23,24,25). The van der Waals surface area contributed by atoms with Crippen LogP contribution in [0.15, 0.2) is 65.5 Å². The number of aromatic nitrogens is 4. The third-order valence-corrected chi connectivity index (χ3v) is 4.75. The van der Waals surface area contributed by atoms with Crippen LogP contribution in [-0.2, 0) is 17.8 Å². The molecule has 1 unspecified atom stereocenters. The number of aryl methyl sites for hydroxylation is 1. The van der Waals surface area contributed by atoms with Crippen molar-refractivity contribution in [3.8, 4) is 11.4 Å². The zero-order valence-corrected chi connectivity index (χ0v) is 16.1. The van der Waals surface area contributed by atoms with E-state index >= 15 is 0 Å². The van der Waals surface area contributed by atoms with E-state index in [4.69, 9.17) is 4.74 Å². The van der Waals surface area contributed by atoms with Crippen LogP contribution in [0, 0.1) is 0 Å². The van der Waals surface area contributed by atoms with E-state index in [1.807, 2.05) is 61.5 Å². The van der Waals surface area contributed by atoms with E-state index in [1.165, 1.54) is 10.6 Å². The molecular formula is C22H22N4O3. The fourth-order valence-corrected chi connectivity index (χ4v) is 3.27. The topological polar surface area (TPSA) is 92.5 Å². The van der Waals surface area contributed by atoms with Crippen molar-refractivity contribution in [1.29, 1.82) is 0 Å². The molecule has 0 fully saturated rings. The summed E-state index contributed by atoms with van der Waals surface area (Å²) in [5.74, 6) is 0.853. The first kappa shape index (κ1) is 19.0. The number of hydrogen-bond donors (Lipinski definition) is 2. The Morgan fingerprint density at radius 2 is 1.86 bits per heavy atom. The van der Waals surface area contributed by atoms with Gasteiger partial charge in [0.1, 0.15) is 6.10 Å². The molecule has 7 nitrogen and oxygen atoms in total. The van der Waals surface area contributed by atoms with Crippen molar-refractivity contribution in [1.82, 2.24) is 19.6 Å². The molecule has 0 aliphatic heterocycles. The number of fused-ring (bicyclic) bond motifs is 1. The zero-order valence-electron chi connectivity index (χ0n) is 16.1. The Labute approximate surface area is 167 Å². The van der Waals surface area contributed by atoms with E-state index < -0.39 is 6.10 Å². The van der Waals surface area contributed by atoms with Crippen molar-refractivity contribution < 1.29 is 9.84 Å². The van der Waals surface area contributed by atoms with Crippen LogP contribution in [0.2, 0.25) is 0 Å². The molecule has 0 aliphatic rings. The van der Waals surface area contributed by atoms with Gasteiger partial charge in [-0.1, -0.05) is 61.5 Å². The van der Waals surface area contributed by atoms with Crippen LogP contribution in [0.3, 0.4) is 0 Å². The molecule has 0 aliphatic carbocycles. The summed E-state index contributed by atoms with van der Waals surface area (Å²) in [5, 5.41) is 13.4. The van der Waals surface area contributed by atoms with Crippen LogP contribution in [0.5, 0.6) is 0 Å². The number of nitrogens with zero attached hydrogens (tertiary/aromatic N) is 3. The quantitative estimate of drug-likeness (QED) is 0.506. The van der Waals surface area contributed by atoms with E-state index in [9.17, 15) is 9.90 Å². The summed E-state index contributed by atoms with van der Waals surface area (Å²) >= 11 is 0. The highest BCUT2D eigenvalue weighted by molar-refractivity contribution is 5.56. The van der Waals surface area contributed by atoms with Crippen LogP contribution in [0.25, 0.3) is 17.2 Å². The second-order valence-corrected chi connectivity index (χ2v) is 6.74. The summed E-state index contributed by atoms with van der Waals surface area (Å²) in [6, 6.07) is 18.7. The fourth-order valence-electron chi connectivity index (χ4n) is 3.27. The maximum Gasteiger partial charge on any atom is 0.274 e. The second kappa shape index (κ2) is 8.38. The van der Waals surface area contributed by atoms with Gasteiger partial charge >= 0.3 is 0 Å². The number of aliphatic hydroxyl groups excluding tert-OH is 1. The molecule has 2 heterocycles. The summed E-state index contributed by atoms with van der Waals surface area (Å²) in [5.41, 5.74) is 3.02. The molecule has 2 aromatic heterocycles. The number of H-pyrrole nitrogens is 1. The Hall–Kier alpha value is -3.29.